The van der Waals surface area contributed by atoms with Crippen molar-refractivity contribution >= 4 is 50.7 Å². The maximum atomic E-state index is 13.1. The third-order valence-electron chi connectivity index (χ3n) is 4.60. The second-order valence-corrected chi connectivity index (χ2v) is 7.93. The Labute approximate surface area is 185 Å². The maximum Gasteiger partial charge on any atom is 0.337 e. The number of rotatable bonds is 5. The van der Waals surface area contributed by atoms with Crippen LogP contribution in [0, 0.1) is 0 Å². The van der Waals surface area contributed by atoms with E-state index in [1.807, 2.05) is 17.5 Å². The molecule has 4 rings (SSSR count). The molecule has 2 aromatic heterocycles. The zero-order chi connectivity index (χ0) is 22.0. The number of esters is 1. The van der Waals surface area contributed by atoms with Gasteiger partial charge in [-0.2, -0.15) is 0 Å². The molecule has 31 heavy (non-hydrogen) atoms. The summed E-state index contributed by atoms with van der Waals surface area (Å²) < 4.78 is 5.94. The van der Waals surface area contributed by atoms with E-state index in [-0.39, 0.29) is 12.1 Å². The molecule has 0 fully saturated rings. The number of amides is 1. The average Bonchev–Trinajstić information content (AvgIpc) is 3.21. The first kappa shape index (κ1) is 20.8. The molecule has 9 heteroatoms. The van der Waals surface area contributed by atoms with Gasteiger partial charge in [-0.05, 0) is 35.9 Å². The van der Waals surface area contributed by atoms with Gasteiger partial charge in [-0.3, -0.25) is 14.2 Å². The minimum atomic E-state index is -0.505. The molecule has 0 bridgehead atoms. The molecule has 0 atom stereocenters. The smallest absolute Gasteiger partial charge is 0.337 e. The van der Waals surface area contributed by atoms with E-state index >= 15 is 0 Å². The van der Waals surface area contributed by atoms with Gasteiger partial charge in [-0.25, -0.2) is 9.78 Å². The molecule has 0 unspecified atom stereocenters. The fourth-order valence-corrected chi connectivity index (χ4v) is 4.15. The van der Waals surface area contributed by atoms with Gasteiger partial charge >= 0.3 is 5.97 Å². The number of aromatic nitrogens is 2. The van der Waals surface area contributed by atoms with Crippen LogP contribution in [-0.4, -0.2) is 28.5 Å². The van der Waals surface area contributed by atoms with Crippen molar-refractivity contribution in [1.29, 1.82) is 0 Å². The average molecular weight is 454 g/mol. The fraction of sp³-hybridized carbons (Fsp3) is 0.0909. The van der Waals surface area contributed by atoms with Gasteiger partial charge in [0.05, 0.1) is 24.4 Å². The number of methoxy groups -OCH3 is 1. The summed E-state index contributed by atoms with van der Waals surface area (Å²) in [6.45, 7) is -0.222. The number of carbonyl (C=O) groups is 2. The predicted molar refractivity (Wildman–Crippen MR) is 121 cm³/mol. The van der Waals surface area contributed by atoms with E-state index < -0.39 is 11.9 Å². The molecular formula is C22H16ClN3O4S. The summed E-state index contributed by atoms with van der Waals surface area (Å²) in [7, 11) is 1.28. The first-order valence-corrected chi connectivity index (χ1v) is 10.4. The molecule has 0 aliphatic rings. The second kappa shape index (κ2) is 8.71. The molecule has 0 saturated heterocycles. The zero-order valence-corrected chi connectivity index (χ0v) is 17.9. The lowest BCUT2D eigenvalue weighted by Crippen LogP contribution is -2.27. The Morgan fingerprint density at radius 1 is 1.19 bits per heavy atom. The normalized spacial score (nSPS) is 10.8. The molecule has 2 aromatic carbocycles. The minimum Gasteiger partial charge on any atom is -0.465 e. The molecule has 4 aromatic rings. The van der Waals surface area contributed by atoms with Gasteiger partial charge in [0, 0.05) is 21.7 Å². The number of carbonyl (C=O) groups excluding carboxylic acids is 2. The summed E-state index contributed by atoms with van der Waals surface area (Å²) in [5, 5.41) is 5.61. The van der Waals surface area contributed by atoms with Crippen molar-refractivity contribution in [1.82, 2.24) is 9.55 Å². The van der Waals surface area contributed by atoms with Crippen molar-refractivity contribution in [2.24, 2.45) is 0 Å². The SMILES string of the molecule is COC(=O)c1cccc(NC(=O)Cn2cnc3scc(-c4ccc(Cl)cc4)c3c2=O)c1. The van der Waals surface area contributed by atoms with Gasteiger partial charge < -0.3 is 10.1 Å². The maximum absolute atomic E-state index is 13.1. The Hall–Kier alpha value is -3.49. The highest BCUT2D eigenvalue weighted by molar-refractivity contribution is 7.17. The molecule has 0 spiro atoms. The van der Waals surface area contributed by atoms with Crippen molar-refractivity contribution in [3.63, 3.8) is 0 Å². The van der Waals surface area contributed by atoms with E-state index in [0.29, 0.717) is 26.5 Å². The van der Waals surface area contributed by atoms with Crippen LogP contribution in [0.3, 0.4) is 0 Å². The van der Waals surface area contributed by atoms with E-state index in [4.69, 9.17) is 11.6 Å². The van der Waals surface area contributed by atoms with Crippen LogP contribution in [0.2, 0.25) is 5.02 Å². The van der Waals surface area contributed by atoms with Gasteiger partial charge in [-0.1, -0.05) is 29.8 Å². The number of benzene rings is 2. The quantitative estimate of drug-likeness (QED) is 0.457. The summed E-state index contributed by atoms with van der Waals surface area (Å²) in [6.07, 6.45) is 1.36. The van der Waals surface area contributed by atoms with E-state index in [0.717, 1.165) is 11.1 Å². The van der Waals surface area contributed by atoms with Crippen LogP contribution in [0.15, 0.2) is 65.0 Å². The molecule has 0 aliphatic heterocycles. The van der Waals surface area contributed by atoms with Crippen LogP contribution in [-0.2, 0) is 16.1 Å². The van der Waals surface area contributed by atoms with E-state index in [9.17, 15) is 14.4 Å². The van der Waals surface area contributed by atoms with Crippen molar-refractivity contribution in [3.8, 4) is 11.1 Å². The molecular weight excluding hydrogens is 438 g/mol. The highest BCUT2D eigenvalue weighted by atomic mass is 35.5. The number of ether oxygens (including phenoxy) is 1. The van der Waals surface area contributed by atoms with Crippen molar-refractivity contribution in [3.05, 3.63) is 81.2 Å². The van der Waals surface area contributed by atoms with Crippen LogP contribution >= 0.6 is 22.9 Å². The van der Waals surface area contributed by atoms with Crippen LogP contribution in [0.4, 0.5) is 5.69 Å². The number of hydrogen-bond donors (Lipinski definition) is 1. The minimum absolute atomic E-state index is 0.222. The fourth-order valence-electron chi connectivity index (χ4n) is 3.12. The van der Waals surface area contributed by atoms with Gasteiger partial charge in [0.1, 0.15) is 11.4 Å². The number of thiophene rings is 1. The summed E-state index contributed by atoms with van der Waals surface area (Å²) in [5.41, 5.74) is 2.01. The lowest BCUT2D eigenvalue weighted by molar-refractivity contribution is -0.116. The number of anilines is 1. The van der Waals surface area contributed by atoms with Gasteiger partial charge in [0.15, 0.2) is 0 Å². The zero-order valence-electron chi connectivity index (χ0n) is 16.3. The Kier molecular flexibility index (Phi) is 5.83. The lowest BCUT2D eigenvalue weighted by Gasteiger charge is -2.09. The molecule has 0 aliphatic carbocycles. The molecule has 2 heterocycles. The molecule has 156 valence electrons. The van der Waals surface area contributed by atoms with Crippen molar-refractivity contribution in [2.75, 3.05) is 12.4 Å². The first-order valence-electron chi connectivity index (χ1n) is 9.17. The monoisotopic (exact) mass is 453 g/mol. The summed E-state index contributed by atoms with van der Waals surface area (Å²) in [5.74, 6) is -0.928. The molecule has 0 radical (unpaired) electrons. The van der Waals surface area contributed by atoms with Gasteiger partial charge in [-0.15, -0.1) is 11.3 Å². The van der Waals surface area contributed by atoms with E-state index in [1.54, 1.807) is 30.3 Å². The third-order valence-corrected chi connectivity index (χ3v) is 5.74. The van der Waals surface area contributed by atoms with Crippen LogP contribution in [0.1, 0.15) is 10.4 Å². The van der Waals surface area contributed by atoms with Gasteiger partial charge in [0.25, 0.3) is 5.56 Å². The summed E-state index contributed by atoms with van der Waals surface area (Å²) >= 11 is 7.32. The van der Waals surface area contributed by atoms with E-state index in [1.165, 1.54) is 35.4 Å². The Bertz CT molecular complexity index is 1350. The van der Waals surface area contributed by atoms with Gasteiger partial charge in [0.2, 0.25) is 5.91 Å². The molecule has 1 N–H and O–H groups in total. The standard InChI is InChI=1S/C22H16ClN3O4S/c1-30-22(29)14-3-2-4-16(9-14)25-18(27)10-26-12-24-20-19(21(26)28)17(11-31-20)13-5-7-15(23)8-6-13/h2-9,11-12H,10H2,1H3,(H,25,27). The first-order chi connectivity index (χ1) is 15.0. The highest BCUT2D eigenvalue weighted by Crippen LogP contribution is 2.31. The topological polar surface area (TPSA) is 90.3 Å². The molecule has 1 amide bonds. The molecule has 7 nitrogen and oxygen atoms in total. The van der Waals surface area contributed by atoms with Crippen LogP contribution in [0.5, 0.6) is 0 Å². The number of nitrogens with one attached hydrogen (secondary N) is 1. The van der Waals surface area contributed by atoms with Crippen molar-refractivity contribution < 1.29 is 14.3 Å². The lowest BCUT2D eigenvalue weighted by atomic mass is 10.1. The van der Waals surface area contributed by atoms with Crippen LogP contribution in [0.25, 0.3) is 21.3 Å². The number of hydrogen-bond acceptors (Lipinski definition) is 6. The Morgan fingerprint density at radius 2 is 1.97 bits per heavy atom. The molecule has 0 saturated carbocycles. The Balaban J connectivity index is 1.60. The third kappa shape index (κ3) is 4.35. The van der Waals surface area contributed by atoms with E-state index in [2.05, 4.69) is 15.0 Å². The second-order valence-electron chi connectivity index (χ2n) is 6.63. The van der Waals surface area contributed by atoms with Crippen LogP contribution < -0.4 is 10.9 Å². The highest BCUT2D eigenvalue weighted by Gasteiger charge is 2.15. The summed E-state index contributed by atoms with van der Waals surface area (Å²) in [6, 6.07) is 13.5. The predicted octanol–water partition coefficient (Wildman–Crippen LogP) is 4.20. The number of halogens is 1. The Morgan fingerprint density at radius 3 is 2.71 bits per heavy atom. The largest absolute Gasteiger partial charge is 0.465 e. The number of nitrogens with zero attached hydrogens (tertiary/aromatic N) is 2. The summed E-state index contributed by atoms with van der Waals surface area (Å²) in [4.78, 5) is 42.2. The van der Waals surface area contributed by atoms with Crippen molar-refractivity contribution in [2.45, 2.75) is 6.54 Å². The number of fused-ring (bicyclic) bond motifs is 1.